The highest BCUT2D eigenvalue weighted by Crippen LogP contribution is 2.30. The van der Waals surface area contributed by atoms with Gasteiger partial charge in [-0.15, -0.1) is 0 Å². The molecule has 6 heteroatoms. The number of amides is 1. The van der Waals surface area contributed by atoms with Crippen LogP contribution in [0.25, 0.3) is 11.1 Å². The molecule has 0 spiro atoms. The maximum Gasteiger partial charge on any atom is 0.253 e. The van der Waals surface area contributed by atoms with Crippen molar-refractivity contribution in [1.82, 2.24) is 9.88 Å². The third kappa shape index (κ3) is 3.39. The molecule has 1 aromatic heterocycles. The number of aromatic nitrogens is 1. The van der Waals surface area contributed by atoms with Crippen LogP contribution in [-0.4, -0.2) is 43.0 Å². The van der Waals surface area contributed by atoms with Gasteiger partial charge in [-0.1, -0.05) is 12.1 Å². The standard InChI is InChI=1S/C21H22FN3O2/c1-24(2)18-8-7-15(13-16(18)22)21(26)25-11-9-14(10-12-25)20-23-17-5-3-4-6-19(17)27-20/h3-8,13-14H,9-12H2,1-2H3. The van der Waals surface area contributed by atoms with E-state index in [1.807, 2.05) is 24.3 Å². The summed E-state index contributed by atoms with van der Waals surface area (Å²) in [6.07, 6.45) is 1.58. The second kappa shape index (κ2) is 7.02. The van der Waals surface area contributed by atoms with E-state index in [0.29, 0.717) is 24.3 Å². The molecule has 0 N–H and O–H groups in total. The first-order valence-corrected chi connectivity index (χ1v) is 9.14. The number of likely N-dealkylation sites (tertiary alicyclic amines) is 1. The number of para-hydroxylation sites is 2. The van der Waals surface area contributed by atoms with Crippen LogP contribution in [-0.2, 0) is 0 Å². The van der Waals surface area contributed by atoms with Crippen molar-refractivity contribution in [2.45, 2.75) is 18.8 Å². The number of carbonyl (C=O) groups excluding carboxylic acids is 1. The summed E-state index contributed by atoms with van der Waals surface area (Å²) in [6.45, 7) is 1.22. The van der Waals surface area contributed by atoms with Crippen LogP contribution in [0.2, 0.25) is 0 Å². The number of benzene rings is 2. The second-order valence-electron chi connectivity index (χ2n) is 7.15. The molecule has 140 valence electrons. The zero-order valence-electron chi connectivity index (χ0n) is 15.5. The average Bonchev–Trinajstić information content (AvgIpc) is 3.11. The van der Waals surface area contributed by atoms with Crippen LogP contribution in [0, 0.1) is 5.82 Å². The minimum absolute atomic E-state index is 0.129. The van der Waals surface area contributed by atoms with Crippen molar-refractivity contribution in [2.75, 3.05) is 32.1 Å². The van der Waals surface area contributed by atoms with Gasteiger partial charge in [0.2, 0.25) is 0 Å². The lowest BCUT2D eigenvalue weighted by molar-refractivity contribution is 0.0706. The molecular formula is C21H22FN3O2. The van der Waals surface area contributed by atoms with E-state index >= 15 is 0 Å². The van der Waals surface area contributed by atoms with Crippen molar-refractivity contribution >= 4 is 22.7 Å². The number of hydrogen-bond donors (Lipinski definition) is 0. The first-order chi connectivity index (χ1) is 13.0. The molecule has 1 aliphatic heterocycles. The summed E-state index contributed by atoms with van der Waals surface area (Å²) in [5.74, 6) is 0.432. The summed E-state index contributed by atoms with van der Waals surface area (Å²) in [4.78, 5) is 20.8. The smallest absolute Gasteiger partial charge is 0.253 e. The van der Waals surface area contributed by atoms with Crippen molar-refractivity contribution in [3.8, 4) is 0 Å². The van der Waals surface area contributed by atoms with E-state index in [-0.39, 0.29) is 17.6 Å². The molecule has 2 heterocycles. The summed E-state index contributed by atoms with van der Waals surface area (Å²) in [6, 6.07) is 12.4. The molecule has 0 bridgehead atoms. The summed E-state index contributed by atoms with van der Waals surface area (Å²) in [5, 5.41) is 0. The molecule has 3 aromatic rings. The number of oxazole rings is 1. The quantitative estimate of drug-likeness (QED) is 0.701. The van der Waals surface area contributed by atoms with Crippen LogP contribution >= 0.6 is 0 Å². The molecule has 4 rings (SSSR count). The molecule has 0 aliphatic carbocycles. The third-order valence-corrected chi connectivity index (χ3v) is 5.12. The molecule has 1 saturated heterocycles. The van der Waals surface area contributed by atoms with Gasteiger partial charge in [0.1, 0.15) is 11.3 Å². The predicted octanol–water partition coefficient (Wildman–Crippen LogP) is 4.05. The summed E-state index contributed by atoms with van der Waals surface area (Å²) < 4.78 is 20.1. The first kappa shape index (κ1) is 17.5. The molecule has 0 saturated carbocycles. The van der Waals surface area contributed by atoms with E-state index in [2.05, 4.69) is 4.98 Å². The van der Waals surface area contributed by atoms with E-state index in [1.165, 1.54) is 6.07 Å². The van der Waals surface area contributed by atoms with Crippen LogP contribution in [0.1, 0.15) is 35.0 Å². The Kier molecular flexibility index (Phi) is 4.56. The number of anilines is 1. The molecule has 0 atom stereocenters. The van der Waals surface area contributed by atoms with Gasteiger partial charge in [0.15, 0.2) is 11.5 Å². The number of nitrogens with zero attached hydrogens (tertiary/aromatic N) is 3. The predicted molar refractivity (Wildman–Crippen MR) is 103 cm³/mol. The van der Waals surface area contributed by atoms with Crippen molar-refractivity contribution < 1.29 is 13.6 Å². The van der Waals surface area contributed by atoms with Gasteiger partial charge in [-0.3, -0.25) is 4.79 Å². The van der Waals surface area contributed by atoms with E-state index in [0.717, 1.165) is 29.8 Å². The molecule has 27 heavy (non-hydrogen) atoms. The Balaban J connectivity index is 1.44. The SMILES string of the molecule is CN(C)c1ccc(C(=O)N2CCC(c3nc4ccccc4o3)CC2)cc1F. The largest absolute Gasteiger partial charge is 0.440 e. The van der Waals surface area contributed by atoms with Crippen LogP contribution in [0.3, 0.4) is 0 Å². The number of piperidine rings is 1. The minimum Gasteiger partial charge on any atom is -0.440 e. The number of halogens is 1. The van der Waals surface area contributed by atoms with Gasteiger partial charge in [-0.05, 0) is 43.2 Å². The van der Waals surface area contributed by atoms with Crippen molar-refractivity contribution in [1.29, 1.82) is 0 Å². The highest BCUT2D eigenvalue weighted by molar-refractivity contribution is 5.94. The van der Waals surface area contributed by atoms with Gasteiger partial charge in [-0.25, -0.2) is 9.37 Å². The lowest BCUT2D eigenvalue weighted by atomic mass is 9.96. The van der Waals surface area contributed by atoms with Gasteiger partial charge in [-0.2, -0.15) is 0 Å². The third-order valence-electron chi connectivity index (χ3n) is 5.12. The lowest BCUT2D eigenvalue weighted by Crippen LogP contribution is -2.38. The number of carbonyl (C=O) groups is 1. The van der Waals surface area contributed by atoms with Gasteiger partial charge in [0.25, 0.3) is 5.91 Å². The van der Waals surface area contributed by atoms with Crippen molar-refractivity contribution in [3.63, 3.8) is 0 Å². The van der Waals surface area contributed by atoms with Gasteiger partial charge >= 0.3 is 0 Å². The molecule has 0 radical (unpaired) electrons. The lowest BCUT2D eigenvalue weighted by Gasteiger charge is -2.30. The zero-order chi connectivity index (χ0) is 19.0. The van der Waals surface area contributed by atoms with E-state index in [1.54, 1.807) is 36.0 Å². The maximum atomic E-state index is 14.2. The highest BCUT2D eigenvalue weighted by Gasteiger charge is 2.28. The van der Waals surface area contributed by atoms with Gasteiger partial charge < -0.3 is 14.2 Å². The first-order valence-electron chi connectivity index (χ1n) is 9.14. The fraction of sp³-hybridized carbons (Fsp3) is 0.333. The molecule has 0 unspecified atom stereocenters. The Bertz CT molecular complexity index is 941. The number of rotatable bonds is 3. The molecule has 1 aliphatic rings. The summed E-state index contributed by atoms with van der Waals surface area (Å²) in [7, 11) is 3.55. The Morgan fingerprint density at radius 2 is 1.93 bits per heavy atom. The van der Waals surface area contributed by atoms with Crippen molar-refractivity contribution in [2.24, 2.45) is 0 Å². The van der Waals surface area contributed by atoms with E-state index in [4.69, 9.17) is 4.42 Å². The van der Waals surface area contributed by atoms with Crippen LogP contribution < -0.4 is 4.90 Å². The molecular weight excluding hydrogens is 345 g/mol. The molecule has 1 fully saturated rings. The van der Waals surface area contributed by atoms with Gasteiger partial charge in [0, 0.05) is 38.7 Å². The Morgan fingerprint density at radius 1 is 1.19 bits per heavy atom. The molecule has 2 aromatic carbocycles. The number of fused-ring (bicyclic) bond motifs is 1. The fourth-order valence-corrected chi connectivity index (χ4v) is 3.58. The maximum absolute atomic E-state index is 14.2. The van der Waals surface area contributed by atoms with Crippen LogP contribution in [0.4, 0.5) is 10.1 Å². The van der Waals surface area contributed by atoms with Crippen LogP contribution in [0.5, 0.6) is 0 Å². The normalized spacial score (nSPS) is 15.3. The van der Waals surface area contributed by atoms with Gasteiger partial charge in [0.05, 0.1) is 5.69 Å². The van der Waals surface area contributed by atoms with Crippen LogP contribution in [0.15, 0.2) is 46.9 Å². The van der Waals surface area contributed by atoms with Crippen molar-refractivity contribution in [3.05, 3.63) is 59.7 Å². The number of hydrogen-bond acceptors (Lipinski definition) is 4. The minimum atomic E-state index is -0.382. The monoisotopic (exact) mass is 367 g/mol. The summed E-state index contributed by atoms with van der Waals surface area (Å²) >= 11 is 0. The topological polar surface area (TPSA) is 49.6 Å². The average molecular weight is 367 g/mol. The van der Waals surface area contributed by atoms with E-state index < -0.39 is 0 Å². The Labute approximate surface area is 157 Å². The fourth-order valence-electron chi connectivity index (χ4n) is 3.58. The molecule has 5 nitrogen and oxygen atoms in total. The van der Waals surface area contributed by atoms with E-state index in [9.17, 15) is 9.18 Å². The highest BCUT2D eigenvalue weighted by atomic mass is 19.1. The Hall–Kier alpha value is -2.89. The Morgan fingerprint density at radius 3 is 2.59 bits per heavy atom. The summed E-state index contributed by atoms with van der Waals surface area (Å²) in [5.41, 5.74) is 2.52. The zero-order valence-corrected chi connectivity index (χ0v) is 15.5. The second-order valence-corrected chi connectivity index (χ2v) is 7.15. The molecule has 1 amide bonds.